The molecule has 0 heterocycles. The fraction of sp³-hybridized carbons (Fsp3) is 0.294. The predicted octanol–water partition coefficient (Wildman–Crippen LogP) is 3.61. The molecule has 0 N–H and O–H groups in total. The average Bonchev–Trinajstić information content (AvgIpc) is 2.50. The van der Waals surface area contributed by atoms with Crippen molar-refractivity contribution in [3.05, 3.63) is 71.3 Å². The van der Waals surface area contributed by atoms with Crippen LogP contribution in [0.1, 0.15) is 11.1 Å². The SMILES string of the molecule is COCCN(Cc1ccccc1)Cc1cccc(F)c1F. The molecule has 0 aliphatic heterocycles. The first-order valence-electron chi connectivity index (χ1n) is 6.89. The van der Waals surface area contributed by atoms with E-state index in [0.29, 0.717) is 31.8 Å². The van der Waals surface area contributed by atoms with Crippen molar-refractivity contribution in [3.63, 3.8) is 0 Å². The summed E-state index contributed by atoms with van der Waals surface area (Å²) >= 11 is 0. The molecule has 0 aromatic heterocycles. The fourth-order valence-corrected chi connectivity index (χ4v) is 2.19. The quantitative estimate of drug-likeness (QED) is 0.772. The van der Waals surface area contributed by atoms with Gasteiger partial charge >= 0.3 is 0 Å². The third kappa shape index (κ3) is 4.62. The zero-order valence-electron chi connectivity index (χ0n) is 12.1. The number of hydrogen-bond donors (Lipinski definition) is 0. The monoisotopic (exact) mass is 291 g/mol. The van der Waals surface area contributed by atoms with Crippen LogP contribution in [0.25, 0.3) is 0 Å². The molecule has 0 atom stereocenters. The Morgan fingerprint density at radius 3 is 2.43 bits per heavy atom. The van der Waals surface area contributed by atoms with Crippen LogP contribution >= 0.6 is 0 Å². The van der Waals surface area contributed by atoms with Gasteiger partial charge in [0, 0.05) is 32.3 Å². The van der Waals surface area contributed by atoms with Crippen LogP contribution < -0.4 is 0 Å². The van der Waals surface area contributed by atoms with Crippen molar-refractivity contribution in [2.75, 3.05) is 20.3 Å². The predicted molar refractivity (Wildman–Crippen MR) is 78.8 cm³/mol. The van der Waals surface area contributed by atoms with Gasteiger partial charge in [0.25, 0.3) is 0 Å². The molecule has 0 spiro atoms. The van der Waals surface area contributed by atoms with E-state index in [1.165, 1.54) is 6.07 Å². The summed E-state index contributed by atoms with van der Waals surface area (Å²) in [6.07, 6.45) is 0. The summed E-state index contributed by atoms with van der Waals surface area (Å²) < 4.78 is 32.2. The molecular weight excluding hydrogens is 272 g/mol. The van der Waals surface area contributed by atoms with E-state index in [4.69, 9.17) is 4.74 Å². The highest BCUT2D eigenvalue weighted by atomic mass is 19.2. The van der Waals surface area contributed by atoms with E-state index >= 15 is 0 Å². The van der Waals surface area contributed by atoms with Crippen LogP contribution in [0.2, 0.25) is 0 Å². The van der Waals surface area contributed by atoms with E-state index in [9.17, 15) is 8.78 Å². The van der Waals surface area contributed by atoms with E-state index in [0.717, 1.165) is 11.6 Å². The Hall–Kier alpha value is -1.78. The van der Waals surface area contributed by atoms with Crippen molar-refractivity contribution in [2.45, 2.75) is 13.1 Å². The molecule has 4 heteroatoms. The highest BCUT2D eigenvalue weighted by Crippen LogP contribution is 2.15. The van der Waals surface area contributed by atoms with Crippen molar-refractivity contribution in [1.82, 2.24) is 4.90 Å². The van der Waals surface area contributed by atoms with Crippen molar-refractivity contribution in [1.29, 1.82) is 0 Å². The first-order chi connectivity index (χ1) is 10.2. The molecule has 0 saturated heterocycles. The zero-order valence-corrected chi connectivity index (χ0v) is 12.1. The van der Waals surface area contributed by atoms with Crippen LogP contribution in [0.3, 0.4) is 0 Å². The minimum atomic E-state index is -0.807. The Kier molecular flexibility index (Phi) is 5.84. The Bertz CT molecular complexity index is 560. The summed E-state index contributed by atoms with van der Waals surface area (Å²) in [4.78, 5) is 2.04. The van der Waals surface area contributed by atoms with E-state index in [-0.39, 0.29) is 0 Å². The minimum Gasteiger partial charge on any atom is -0.383 e. The molecule has 0 aliphatic rings. The van der Waals surface area contributed by atoms with Gasteiger partial charge in [-0.25, -0.2) is 8.78 Å². The van der Waals surface area contributed by atoms with E-state index in [2.05, 4.69) is 0 Å². The molecule has 2 aromatic carbocycles. The van der Waals surface area contributed by atoms with Crippen LogP contribution in [0.5, 0.6) is 0 Å². The zero-order chi connectivity index (χ0) is 15.1. The first-order valence-corrected chi connectivity index (χ1v) is 6.89. The number of halogens is 2. The molecule has 0 amide bonds. The molecule has 0 unspecified atom stereocenters. The van der Waals surface area contributed by atoms with E-state index in [1.807, 2.05) is 35.2 Å². The highest BCUT2D eigenvalue weighted by Gasteiger charge is 2.12. The summed E-state index contributed by atoms with van der Waals surface area (Å²) in [6.45, 7) is 2.22. The molecule has 2 aromatic rings. The van der Waals surface area contributed by atoms with Gasteiger partial charge in [0.2, 0.25) is 0 Å². The van der Waals surface area contributed by atoms with Gasteiger partial charge in [0.1, 0.15) is 0 Å². The largest absolute Gasteiger partial charge is 0.383 e. The normalized spacial score (nSPS) is 11.0. The summed E-state index contributed by atoms with van der Waals surface area (Å²) in [5.41, 5.74) is 1.49. The van der Waals surface area contributed by atoms with Crippen LogP contribution in [-0.4, -0.2) is 25.2 Å². The number of nitrogens with zero attached hydrogens (tertiary/aromatic N) is 1. The highest BCUT2D eigenvalue weighted by molar-refractivity contribution is 5.19. The Balaban J connectivity index is 2.10. The second kappa shape index (κ2) is 7.86. The standard InChI is InChI=1S/C17H19F2NO/c1-21-11-10-20(12-14-6-3-2-4-7-14)13-15-8-5-9-16(18)17(15)19/h2-9H,10-13H2,1H3. The van der Waals surface area contributed by atoms with E-state index in [1.54, 1.807) is 13.2 Å². The molecule has 0 saturated carbocycles. The molecular formula is C17H19F2NO. The number of rotatable bonds is 7. The van der Waals surface area contributed by atoms with Crippen LogP contribution in [0.15, 0.2) is 48.5 Å². The van der Waals surface area contributed by atoms with Crippen molar-refractivity contribution < 1.29 is 13.5 Å². The third-order valence-corrected chi connectivity index (χ3v) is 3.29. The molecule has 21 heavy (non-hydrogen) atoms. The third-order valence-electron chi connectivity index (χ3n) is 3.29. The summed E-state index contributed by atoms with van der Waals surface area (Å²) in [5.74, 6) is -1.58. The molecule has 0 bridgehead atoms. The van der Waals surface area contributed by atoms with Gasteiger partial charge in [-0.2, -0.15) is 0 Å². The Morgan fingerprint density at radius 2 is 1.71 bits per heavy atom. The van der Waals surface area contributed by atoms with Crippen molar-refractivity contribution >= 4 is 0 Å². The lowest BCUT2D eigenvalue weighted by atomic mass is 10.1. The average molecular weight is 291 g/mol. The van der Waals surface area contributed by atoms with Crippen LogP contribution in [0, 0.1) is 11.6 Å². The molecule has 112 valence electrons. The Labute approximate surface area is 124 Å². The molecule has 0 fully saturated rings. The van der Waals surface area contributed by atoms with Gasteiger partial charge in [0.05, 0.1) is 6.61 Å². The van der Waals surface area contributed by atoms with Crippen LogP contribution in [0.4, 0.5) is 8.78 Å². The number of hydrogen-bond acceptors (Lipinski definition) is 2. The summed E-state index contributed by atoms with van der Waals surface area (Å²) in [7, 11) is 1.63. The van der Waals surface area contributed by atoms with Crippen molar-refractivity contribution in [3.8, 4) is 0 Å². The maximum Gasteiger partial charge on any atom is 0.163 e. The molecule has 0 aliphatic carbocycles. The minimum absolute atomic E-state index is 0.349. The van der Waals surface area contributed by atoms with Gasteiger partial charge in [-0.15, -0.1) is 0 Å². The number of methoxy groups -OCH3 is 1. The molecule has 0 radical (unpaired) electrons. The maximum atomic E-state index is 13.8. The van der Waals surface area contributed by atoms with Crippen LogP contribution in [-0.2, 0) is 17.8 Å². The first kappa shape index (κ1) is 15.6. The number of ether oxygens (including phenoxy) is 1. The van der Waals surface area contributed by atoms with Gasteiger partial charge in [-0.1, -0.05) is 42.5 Å². The molecule has 2 nitrogen and oxygen atoms in total. The van der Waals surface area contributed by atoms with Gasteiger partial charge in [-0.05, 0) is 11.6 Å². The summed E-state index contributed by atoms with van der Waals surface area (Å²) in [6, 6.07) is 14.2. The lowest BCUT2D eigenvalue weighted by molar-refractivity contribution is 0.139. The Morgan fingerprint density at radius 1 is 0.952 bits per heavy atom. The van der Waals surface area contributed by atoms with Gasteiger partial charge in [0.15, 0.2) is 11.6 Å². The topological polar surface area (TPSA) is 12.5 Å². The van der Waals surface area contributed by atoms with Gasteiger partial charge in [-0.3, -0.25) is 4.90 Å². The lowest BCUT2D eigenvalue weighted by Gasteiger charge is -2.22. The summed E-state index contributed by atoms with van der Waals surface area (Å²) in [5, 5.41) is 0. The van der Waals surface area contributed by atoms with E-state index < -0.39 is 11.6 Å². The smallest absolute Gasteiger partial charge is 0.163 e. The lowest BCUT2D eigenvalue weighted by Crippen LogP contribution is -2.27. The molecule has 2 rings (SSSR count). The second-order valence-electron chi connectivity index (χ2n) is 4.90. The fourth-order valence-electron chi connectivity index (χ4n) is 2.19. The maximum absolute atomic E-state index is 13.8. The second-order valence-corrected chi connectivity index (χ2v) is 4.90. The van der Waals surface area contributed by atoms with Crippen molar-refractivity contribution in [2.24, 2.45) is 0 Å². The van der Waals surface area contributed by atoms with Gasteiger partial charge < -0.3 is 4.74 Å². The number of benzene rings is 2.